The van der Waals surface area contributed by atoms with Crippen LogP contribution in [0.2, 0.25) is 0 Å². The molecule has 27 aromatic rings. The van der Waals surface area contributed by atoms with Crippen molar-refractivity contribution in [1.82, 2.24) is 104 Å². The Kier molecular flexibility index (Phi) is 32.5. The van der Waals surface area contributed by atoms with Gasteiger partial charge in [-0.1, -0.05) is 144 Å². The van der Waals surface area contributed by atoms with E-state index >= 15 is 0 Å². The summed E-state index contributed by atoms with van der Waals surface area (Å²) in [4.78, 5) is 60.9. The van der Waals surface area contributed by atoms with Crippen molar-refractivity contribution in [3.63, 3.8) is 0 Å². The molecule has 0 N–H and O–H groups in total. The number of thiazole rings is 2. The summed E-state index contributed by atoms with van der Waals surface area (Å²) in [7, 11) is 0. The monoisotopic (exact) mass is 2630 g/mol. The zero-order valence-corrected chi connectivity index (χ0v) is 86.5. The summed E-state index contributed by atoms with van der Waals surface area (Å²) in [6, 6.07) is 83.6. The summed E-state index contributed by atoms with van der Waals surface area (Å²) in [6.45, 7) is 8.75. The molecule has 0 aliphatic carbocycles. The van der Waals surface area contributed by atoms with Gasteiger partial charge in [0.1, 0.15) is 19.5 Å². The average Bonchev–Trinajstić information content (AvgIpc) is 1.50. The second kappa shape index (κ2) is 40.7. The molecule has 0 amide bonds. The molecule has 128 heavy (non-hydrogen) atoms. The van der Waals surface area contributed by atoms with Crippen LogP contribution < -0.4 is 0 Å². The van der Waals surface area contributed by atoms with Gasteiger partial charge >= 0.3 is 101 Å². The zero-order valence-electron chi connectivity index (χ0n) is 72.1. The van der Waals surface area contributed by atoms with Crippen molar-refractivity contribution in [3.05, 3.63) is 364 Å². The minimum atomic E-state index is 0. The van der Waals surface area contributed by atoms with E-state index in [-0.39, 0.29) is 175 Å². The van der Waals surface area contributed by atoms with Crippen LogP contribution in [0.1, 0.15) is 49.4 Å². The largest absolute Gasteiger partial charge is 3.00 e. The first-order chi connectivity index (χ1) is 55.7. The van der Waals surface area contributed by atoms with Crippen molar-refractivity contribution in [3.8, 4) is 10.6 Å². The first-order valence-electron chi connectivity index (χ1n) is 36.7. The Bertz CT molecular complexity index is 8540. The normalized spacial score (nSPS) is 10.8. The van der Waals surface area contributed by atoms with Crippen LogP contribution in [0.3, 0.4) is 0 Å². The average molecular weight is 2630 g/mol. The van der Waals surface area contributed by atoms with E-state index in [9.17, 15) is 0 Å². The van der Waals surface area contributed by atoms with E-state index in [0.29, 0.717) is 11.8 Å². The Labute approximate surface area is 820 Å². The molecule has 0 saturated carbocycles. The van der Waals surface area contributed by atoms with Crippen molar-refractivity contribution in [2.75, 3.05) is 0 Å². The number of hydrogen-bond acceptors (Lipinski definition) is 15. The van der Waals surface area contributed by atoms with Gasteiger partial charge in [0.2, 0.25) is 28.9 Å². The van der Waals surface area contributed by atoms with Gasteiger partial charge in [0.15, 0.2) is 11.3 Å². The number of aromatic nitrogens is 22. The van der Waals surface area contributed by atoms with E-state index in [0.717, 1.165) is 192 Å². The van der Waals surface area contributed by atoms with Crippen molar-refractivity contribution >= 4 is 210 Å². The number of hydrogen-bond donors (Lipinski definition) is 0. The van der Waals surface area contributed by atoms with E-state index < -0.39 is 0 Å². The topological polar surface area (TPSA) is 199 Å². The van der Waals surface area contributed by atoms with Gasteiger partial charge in [-0.25, -0.2) is 34.9 Å². The first kappa shape index (κ1) is 102. The van der Waals surface area contributed by atoms with Gasteiger partial charge in [0.05, 0.1) is 71.9 Å². The summed E-state index contributed by atoms with van der Waals surface area (Å²) in [6.07, 6.45) is 15.1. The number of rotatable bonds is 3. The molecule has 0 atom stereocenters. The van der Waals surface area contributed by atoms with Gasteiger partial charge in [-0.05, 0) is 76.0 Å². The number of para-hydroxylation sites is 6. The maximum atomic E-state index is 4.92. The molecule has 650 valence electrons. The Morgan fingerprint density at radius 2 is 0.648 bits per heavy atom. The third-order valence-electron chi connectivity index (χ3n) is 20.6. The van der Waals surface area contributed by atoms with Crippen LogP contribution in [-0.4, -0.2) is 104 Å². The van der Waals surface area contributed by atoms with Gasteiger partial charge in [-0.2, -0.15) is 0 Å². The predicted octanol–water partition coefficient (Wildman–Crippen LogP) is 24.0. The quantitative estimate of drug-likeness (QED) is 0.152. The molecular weight excluding hydrogens is 2540 g/mol. The Hall–Kier alpha value is -11.2. The maximum absolute atomic E-state index is 4.92. The number of benzene rings is 9. The molecule has 18 heterocycles. The Morgan fingerprint density at radius 3 is 1.15 bits per heavy atom. The SMILES string of the molecule is CC(C)c1cc2c(nc3c4[c-]cccc4n4ccnc4n23)s1.CC(C)c1nc2nc3c4[c-]cccc4n4c5ccccc5nc4n3c2s1.[CH3-].[CH3-].[CH3-].[CH3-].[CH3-].[CH3-].[CH3-].[CH3-].[CH3-].[CH3-].[Ir+3].[Ir+3].[Ir+3].[Ir+3].[Ir+3].[c-]1cccc2c1c1nc3ccccc3n1c1nccn21.[c-]1cccc2c1c1nc3nc(-c4ccccc4)sc3n1c1nccn21.[c-]1cccc2c1c1nccn1c1nc3ccccc3n21. The van der Waals surface area contributed by atoms with Crippen LogP contribution in [0.25, 0.3) is 187 Å². The summed E-state index contributed by atoms with van der Waals surface area (Å²) >= 11 is 5.10. The molecule has 0 saturated heterocycles. The molecule has 0 spiro atoms. The molecule has 30 heteroatoms. The molecule has 0 radical (unpaired) electrons. The summed E-state index contributed by atoms with van der Waals surface area (Å²) in [5, 5.41) is 7.07. The van der Waals surface area contributed by atoms with E-state index in [1.165, 1.54) is 4.88 Å². The molecule has 0 aliphatic heterocycles. The fourth-order valence-electron chi connectivity index (χ4n) is 15.6. The molecule has 22 nitrogen and oxygen atoms in total. The maximum Gasteiger partial charge on any atom is 3.00 e. The predicted molar refractivity (Wildman–Crippen MR) is 513 cm³/mol. The van der Waals surface area contributed by atoms with Crippen LogP contribution >= 0.6 is 34.0 Å². The minimum Gasteiger partial charge on any atom is -0.358 e. The fraction of sp³-hybridized carbons (Fsp3) is 0.0612. The molecule has 0 bridgehead atoms. The van der Waals surface area contributed by atoms with E-state index in [4.69, 9.17) is 39.9 Å². The number of imidazole rings is 10. The standard InChI is InChI=1S/C20H14N5S.C19H10N5S.C17H13N4S.2C16H9N4.10CH3.5Ir/c1-11(2)18-23-16-19(26-18)25-17(22-16)12-7-3-5-9-14(12)24-15-10-6-4-8-13(15)21-20(24)25;1-2-6-12(7-3-1)17-22-15-18(25-17)24-16(21-15)13-8-4-5-9-14(13)23-11-10-20-19(23)24;1-10(2)14-9-13-16(22-14)19-15-11-5-3-4-6-12(11)20-8-7-18-17(20)21(13)15;1-3-7-13-11(5-1)15-18-12-6-2-4-8-14(12)20(15)16-17-9-10-19(13)16;1-3-7-13-11(5-1)15-17-9-10-19(15)16-18-12-6-2-4-8-14(12)20(13)16;;;;;;;;;;;;;;;/h3-6,8-11H,1-2H3;1-7,9-11H;3-4,6-10H,1-2H3;2*1-4,6-10H;10*1H3;;;;;/q15*-1;5*+3. The number of fused-ring (bicyclic) bond motifs is 42. The van der Waals surface area contributed by atoms with E-state index in [1.807, 2.05) is 181 Å². The molecular formula is C98H85Ir5N22S3. The van der Waals surface area contributed by atoms with E-state index in [2.05, 4.69) is 184 Å². The van der Waals surface area contributed by atoms with Gasteiger partial charge < -0.3 is 109 Å². The van der Waals surface area contributed by atoms with Crippen LogP contribution in [0.4, 0.5) is 0 Å². The van der Waals surface area contributed by atoms with Gasteiger partial charge in [-0.15, -0.1) is 133 Å². The Balaban J connectivity index is 0.000000193. The van der Waals surface area contributed by atoms with E-state index in [1.54, 1.807) is 40.2 Å². The van der Waals surface area contributed by atoms with Crippen LogP contribution in [0, 0.1) is 105 Å². The van der Waals surface area contributed by atoms with Crippen LogP contribution in [0.15, 0.2) is 250 Å². The fourth-order valence-corrected chi connectivity index (χ4v) is 18.6. The summed E-state index contributed by atoms with van der Waals surface area (Å²) in [5.74, 6) is 5.26. The molecule has 9 aromatic carbocycles. The van der Waals surface area contributed by atoms with Crippen LogP contribution in [0.5, 0.6) is 0 Å². The third kappa shape index (κ3) is 16.0. The number of nitrogens with zero attached hydrogens (tertiary/aromatic N) is 22. The van der Waals surface area contributed by atoms with Gasteiger partial charge in [-0.3, -0.25) is 33.7 Å². The second-order valence-corrected chi connectivity index (χ2v) is 31.0. The van der Waals surface area contributed by atoms with Crippen molar-refractivity contribution in [2.45, 2.75) is 39.5 Å². The smallest absolute Gasteiger partial charge is 0.358 e. The van der Waals surface area contributed by atoms with Crippen molar-refractivity contribution in [1.29, 1.82) is 0 Å². The third-order valence-corrected chi connectivity index (χ3v) is 24.4. The summed E-state index contributed by atoms with van der Waals surface area (Å²) < 4.78 is 21.1. The molecule has 0 unspecified atom stereocenters. The first-order valence-corrected chi connectivity index (χ1v) is 39.2. The second-order valence-electron chi connectivity index (χ2n) is 28.0. The molecule has 0 aliphatic rings. The Morgan fingerprint density at radius 1 is 0.281 bits per heavy atom. The molecule has 27 rings (SSSR count). The number of thiophene rings is 1. The van der Waals surface area contributed by atoms with Crippen molar-refractivity contribution < 1.29 is 101 Å². The van der Waals surface area contributed by atoms with Gasteiger partial charge in [0.25, 0.3) is 0 Å². The minimum absolute atomic E-state index is 0. The van der Waals surface area contributed by atoms with Crippen LogP contribution in [-0.2, 0) is 101 Å². The molecule has 18 aromatic heterocycles. The summed E-state index contributed by atoms with van der Waals surface area (Å²) in [5.41, 5.74) is 19.8. The van der Waals surface area contributed by atoms with Crippen molar-refractivity contribution in [2.24, 2.45) is 0 Å². The molecule has 0 fully saturated rings. The zero-order chi connectivity index (χ0) is 74.8. The van der Waals surface area contributed by atoms with Gasteiger partial charge in [0, 0.05) is 65.9 Å².